The molecule has 18 heavy (non-hydrogen) atoms. The van der Waals surface area contributed by atoms with Crippen LogP contribution in [0.1, 0.15) is 33.6 Å². The van der Waals surface area contributed by atoms with Crippen LogP contribution in [-0.2, 0) is 9.53 Å². The van der Waals surface area contributed by atoms with Gasteiger partial charge in [-0.15, -0.1) is 0 Å². The SMILES string of the molecule is COCC(C(=O)NN)N1CCC(C(C)(C)C)CC1. The maximum absolute atomic E-state index is 11.7. The highest BCUT2D eigenvalue weighted by Gasteiger charge is 2.33. The van der Waals surface area contributed by atoms with Crippen molar-refractivity contribution in [2.75, 3.05) is 26.8 Å². The van der Waals surface area contributed by atoms with Gasteiger partial charge in [-0.3, -0.25) is 15.1 Å². The van der Waals surface area contributed by atoms with Crippen LogP contribution in [0.3, 0.4) is 0 Å². The summed E-state index contributed by atoms with van der Waals surface area (Å²) in [6.07, 6.45) is 2.25. The summed E-state index contributed by atoms with van der Waals surface area (Å²) in [5.74, 6) is 5.78. The minimum Gasteiger partial charge on any atom is -0.383 e. The smallest absolute Gasteiger partial charge is 0.253 e. The fourth-order valence-corrected chi connectivity index (χ4v) is 2.68. The standard InChI is InChI=1S/C13H27N3O2/c1-13(2,3)10-5-7-16(8-6-10)11(9-18-4)12(17)15-14/h10-11H,5-9,14H2,1-4H3,(H,15,17). The summed E-state index contributed by atoms with van der Waals surface area (Å²) in [5.41, 5.74) is 2.57. The second-order valence-electron chi connectivity index (χ2n) is 6.16. The first kappa shape index (κ1) is 15.4. The van der Waals surface area contributed by atoms with Crippen LogP contribution in [0.4, 0.5) is 0 Å². The zero-order valence-corrected chi connectivity index (χ0v) is 12.0. The molecule has 1 aliphatic heterocycles. The largest absolute Gasteiger partial charge is 0.383 e. The summed E-state index contributed by atoms with van der Waals surface area (Å²) >= 11 is 0. The highest BCUT2D eigenvalue weighted by molar-refractivity contribution is 5.81. The lowest BCUT2D eigenvalue weighted by molar-refractivity contribution is -0.129. The Morgan fingerprint density at radius 3 is 2.39 bits per heavy atom. The number of likely N-dealkylation sites (tertiary alicyclic amines) is 1. The van der Waals surface area contributed by atoms with Gasteiger partial charge in [0, 0.05) is 7.11 Å². The van der Waals surface area contributed by atoms with Crippen molar-refractivity contribution in [1.29, 1.82) is 0 Å². The van der Waals surface area contributed by atoms with Gasteiger partial charge < -0.3 is 4.74 Å². The van der Waals surface area contributed by atoms with Gasteiger partial charge in [0.15, 0.2) is 0 Å². The average molecular weight is 257 g/mol. The third kappa shape index (κ3) is 3.93. The number of rotatable bonds is 4. The predicted octanol–water partition coefficient (Wildman–Crippen LogP) is 0.749. The Kier molecular flexibility index (Phi) is 5.56. The highest BCUT2D eigenvalue weighted by atomic mass is 16.5. The number of hydrogen-bond acceptors (Lipinski definition) is 4. The molecule has 0 radical (unpaired) electrons. The van der Waals surface area contributed by atoms with E-state index in [4.69, 9.17) is 10.6 Å². The third-order valence-corrected chi connectivity index (χ3v) is 3.96. The number of piperidine rings is 1. The molecule has 1 aliphatic rings. The van der Waals surface area contributed by atoms with Gasteiger partial charge in [-0.2, -0.15) is 0 Å². The lowest BCUT2D eigenvalue weighted by atomic mass is 9.75. The molecule has 106 valence electrons. The number of nitrogens with one attached hydrogen (secondary N) is 1. The molecule has 1 fully saturated rings. The fraction of sp³-hybridized carbons (Fsp3) is 0.923. The van der Waals surface area contributed by atoms with E-state index in [1.54, 1.807) is 7.11 Å². The molecule has 0 aromatic heterocycles. The number of methoxy groups -OCH3 is 1. The first-order valence-electron chi connectivity index (χ1n) is 6.63. The van der Waals surface area contributed by atoms with Crippen molar-refractivity contribution in [2.45, 2.75) is 39.7 Å². The van der Waals surface area contributed by atoms with Crippen molar-refractivity contribution in [1.82, 2.24) is 10.3 Å². The van der Waals surface area contributed by atoms with E-state index in [0.29, 0.717) is 12.0 Å². The lowest BCUT2D eigenvalue weighted by Gasteiger charge is -2.41. The van der Waals surface area contributed by atoms with E-state index < -0.39 is 0 Å². The van der Waals surface area contributed by atoms with Crippen LogP contribution < -0.4 is 11.3 Å². The van der Waals surface area contributed by atoms with Crippen molar-refractivity contribution < 1.29 is 9.53 Å². The molecule has 1 unspecified atom stereocenters. The van der Waals surface area contributed by atoms with Crippen LogP contribution >= 0.6 is 0 Å². The first-order valence-corrected chi connectivity index (χ1v) is 6.63. The zero-order chi connectivity index (χ0) is 13.8. The molecule has 0 bridgehead atoms. The number of hydrogen-bond donors (Lipinski definition) is 2. The van der Waals surface area contributed by atoms with E-state index in [2.05, 4.69) is 31.1 Å². The second kappa shape index (κ2) is 6.50. The van der Waals surface area contributed by atoms with E-state index in [9.17, 15) is 4.79 Å². The summed E-state index contributed by atoms with van der Waals surface area (Å²) < 4.78 is 5.12. The number of nitrogens with zero attached hydrogens (tertiary/aromatic N) is 1. The monoisotopic (exact) mass is 257 g/mol. The van der Waals surface area contributed by atoms with Crippen molar-refractivity contribution in [3.05, 3.63) is 0 Å². The highest BCUT2D eigenvalue weighted by Crippen LogP contribution is 2.34. The van der Waals surface area contributed by atoms with E-state index in [1.165, 1.54) is 0 Å². The maximum Gasteiger partial charge on any atom is 0.253 e. The molecule has 0 aromatic rings. The number of hydrazine groups is 1. The molecule has 1 rings (SSSR count). The quantitative estimate of drug-likeness (QED) is 0.443. The van der Waals surface area contributed by atoms with E-state index >= 15 is 0 Å². The Labute approximate surface area is 110 Å². The Balaban J connectivity index is 2.56. The number of nitrogens with two attached hydrogens (primary N) is 1. The molecule has 0 spiro atoms. The third-order valence-electron chi connectivity index (χ3n) is 3.96. The molecular weight excluding hydrogens is 230 g/mol. The van der Waals surface area contributed by atoms with Crippen LogP contribution in [0.2, 0.25) is 0 Å². The molecule has 0 aromatic carbocycles. The normalized spacial score (nSPS) is 20.7. The van der Waals surface area contributed by atoms with Crippen LogP contribution in [0.15, 0.2) is 0 Å². The predicted molar refractivity (Wildman–Crippen MR) is 71.7 cm³/mol. The van der Waals surface area contributed by atoms with Crippen LogP contribution in [0, 0.1) is 11.3 Å². The Morgan fingerprint density at radius 2 is 2.00 bits per heavy atom. The van der Waals surface area contributed by atoms with E-state index in [1.807, 2.05) is 0 Å². The van der Waals surface area contributed by atoms with Crippen LogP contribution in [0.5, 0.6) is 0 Å². The van der Waals surface area contributed by atoms with Gasteiger partial charge in [0.25, 0.3) is 5.91 Å². The molecule has 5 heteroatoms. The van der Waals surface area contributed by atoms with Gasteiger partial charge in [0.1, 0.15) is 6.04 Å². The summed E-state index contributed by atoms with van der Waals surface area (Å²) in [5, 5.41) is 0. The van der Waals surface area contributed by atoms with E-state index in [0.717, 1.165) is 31.8 Å². The molecule has 1 heterocycles. The minimum atomic E-state index is -0.263. The van der Waals surface area contributed by atoms with Crippen molar-refractivity contribution in [3.8, 4) is 0 Å². The van der Waals surface area contributed by atoms with Gasteiger partial charge in [0.2, 0.25) is 0 Å². The summed E-state index contributed by atoms with van der Waals surface area (Å²) in [7, 11) is 1.61. The molecule has 0 aliphatic carbocycles. The summed E-state index contributed by atoms with van der Waals surface area (Å²) in [4.78, 5) is 13.9. The maximum atomic E-state index is 11.7. The Morgan fingerprint density at radius 1 is 1.44 bits per heavy atom. The van der Waals surface area contributed by atoms with Crippen molar-refractivity contribution in [2.24, 2.45) is 17.2 Å². The summed E-state index contributed by atoms with van der Waals surface area (Å²) in [6, 6.07) is -0.263. The first-order chi connectivity index (χ1) is 8.40. The van der Waals surface area contributed by atoms with Crippen molar-refractivity contribution in [3.63, 3.8) is 0 Å². The van der Waals surface area contributed by atoms with Gasteiger partial charge >= 0.3 is 0 Å². The van der Waals surface area contributed by atoms with Gasteiger partial charge in [-0.05, 0) is 37.3 Å². The minimum absolute atomic E-state index is 0.161. The number of ether oxygens (including phenoxy) is 1. The fourth-order valence-electron chi connectivity index (χ4n) is 2.68. The molecule has 1 amide bonds. The number of carbonyl (C=O) groups is 1. The Bertz CT molecular complexity index is 268. The van der Waals surface area contributed by atoms with Crippen LogP contribution in [0.25, 0.3) is 0 Å². The molecule has 1 atom stereocenters. The Hall–Kier alpha value is -0.650. The molecular formula is C13H27N3O2. The average Bonchev–Trinajstić information content (AvgIpc) is 2.34. The van der Waals surface area contributed by atoms with Gasteiger partial charge in [-0.25, -0.2) is 5.84 Å². The molecule has 5 nitrogen and oxygen atoms in total. The number of amides is 1. The molecule has 3 N–H and O–H groups in total. The van der Waals surface area contributed by atoms with Crippen LogP contribution in [-0.4, -0.2) is 43.7 Å². The topological polar surface area (TPSA) is 67.6 Å². The van der Waals surface area contributed by atoms with Gasteiger partial charge in [-0.1, -0.05) is 20.8 Å². The lowest BCUT2D eigenvalue weighted by Crippen LogP contribution is -2.54. The number of carbonyl (C=O) groups excluding carboxylic acids is 1. The summed E-state index contributed by atoms with van der Waals surface area (Å²) in [6.45, 7) is 9.11. The molecule has 0 saturated carbocycles. The second-order valence-corrected chi connectivity index (χ2v) is 6.16. The van der Waals surface area contributed by atoms with E-state index in [-0.39, 0.29) is 11.9 Å². The zero-order valence-electron chi connectivity index (χ0n) is 12.0. The molecule has 1 saturated heterocycles. The van der Waals surface area contributed by atoms with Gasteiger partial charge in [0.05, 0.1) is 6.61 Å². The van der Waals surface area contributed by atoms with Crippen molar-refractivity contribution >= 4 is 5.91 Å².